The van der Waals surface area contributed by atoms with Crippen LogP contribution in [0, 0.1) is 11.3 Å². The molecule has 3 atom stereocenters. The molecule has 5 heteroatoms. The van der Waals surface area contributed by atoms with Crippen LogP contribution in [0.3, 0.4) is 0 Å². The number of hydrogen-bond donors (Lipinski definition) is 1. The van der Waals surface area contributed by atoms with Gasteiger partial charge in [0.25, 0.3) is 0 Å². The zero-order valence-corrected chi connectivity index (χ0v) is 18.9. The van der Waals surface area contributed by atoms with Crippen LogP contribution in [0.1, 0.15) is 63.6 Å². The number of ether oxygens (including phenoxy) is 3. The predicted molar refractivity (Wildman–Crippen MR) is 116 cm³/mol. The molecule has 164 valence electrons. The van der Waals surface area contributed by atoms with E-state index in [9.17, 15) is 5.11 Å². The van der Waals surface area contributed by atoms with Crippen molar-refractivity contribution in [3.63, 3.8) is 0 Å². The average molecular weight is 406 g/mol. The number of benzene rings is 1. The molecule has 1 N–H and O–H groups in total. The Hall–Kier alpha value is -1.30. The van der Waals surface area contributed by atoms with E-state index in [4.69, 9.17) is 14.2 Å². The summed E-state index contributed by atoms with van der Waals surface area (Å²) in [5, 5.41) is 9.32. The Morgan fingerprint density at radius 2 is 1.86 bits per heavy atom. The second-order valence-corrected chi connectivity index (χ2v) is 9.75. The zero-order valence-electron chi connectivity index (χ0n) is 18.9. The molecule has 0 aromatic heterocycles. The summed E-state index contributed by atoms with van der Waals surface area (Å²) < 4.78 is 17.2. The Morgan fingerprint density at radius 1 is 1.14 bits per heavy atom. The lowest BCUT2D eigenvalue weighted by atomic mass is 9.79. The molecule has 1 fully saturated rings. The van der Waals surface area contributed by atoms with E-state index < -0.39 is 0 Å². The van der Waals surface area contributed by atoms with Crippen molar-refractivity contribution >= 4 is 0 Å². The van der Waals surface area contributed by atoms with E-state index in [2.05, 4.69) is 37.8 Å². The minimum atomic E-state index is 0.0845. The Kier molecular flexibility index (Phi) is 7.47. The maximum atomic E-state index is 9.32. The molecule has 0 amide bonds. The van der Waals surface area contributed by atoms with Gasteiger partial charge in [-0.2, -0.15) is 0 Å². The molecule has 1 aromatic carbocycles. The first-order valence-corrected chi connectivity index (χ1v) is 11.1. The van der Waals surface area contributed by atoms with Crippen LogP contribution in [0.5, 0.6) is 11.5 Å². The lowest BCUT2D eigenvalue weighted by Gasteiger charge is -2.47. The molecule has 29 heavy (non-hydrogen) atoms. The quantitative estimate of drug-likeness (QED) is 0.702. The van der Waals surface area contributed by atoms with Crippen molar-refractivity contribution < 1.29 is 19.3 Å². The maximum absolute atomic E-state index is 9.32. The predicted octanol–water partition coefficient (Wildman–Crippen LogP) is 4.22. The Bertz CT molecular complexity index is 670. The van der Waals surface area contributed by atoms with Gasteiger partial charge in [0.1, 0.15) is 0 Å². The van der Waals surface area contributed by atoms with Gasteiger partial charge in [0.2, 0.25) is 0 Å². The lowest BCUT2D eigenvalue weighted by Crippen LogP contribution is -2.49. The average Bonchev–Trinajstić information content (AvgIpc) is 2.69. The lowest BCUT2D eigenvalue weighted by molar-refractivity contribution is -0.0694. The first-order chi connectivity index (χ1) is 13.9. The van der Waals surface area contributed by atoms with Crippen molar-refractivity contribution in [1.29, 1.82) is 0 Å². The fraction of sp³-hybridized carbons (Fsp3) is 0.750. The van der Waals surface area contributed by atoms with Crippen LogP contribution >= 0.6 is 0 Å². The number of piperidine rings is 1. The first kappa shape index (κ1) is 22.4. The second kappa shape index (κ2) is 9.67. The SMILES string of the molecule is COc1cc2c(cc1OC)[C@H]1C[C@@H](OCCO)[C@H](CCCC(C)(C)C)CN1CC2. The number of aliphatic hydroxyl groups excluding tert-OH is 1. The molecule has 2 aliphatic heterocycles. The summed E-state index contributed by atoms with van der Waals surface area (Å²) in [5.41, 5.74) is 3.08. The highest BCUT2D eigenvalue weighted by atomic mass is 16.5. The smallest absolute Gasteiger partial charge is 0.161 e. The standard InChI is InChI=1S/C24H39NO4/c1-24(2,3)9-6-7-18-16-25-10-8-17-13-22(27-4)23(28-5)14-19(17)20(25)15-21(18)29-12-11-26/h13-14,18,20-21,26H,6-12,15-16H2,1-5H3/t18-,20-,21-/m1/s1. The highest BCUT2D eigenvalue weighted by Crippen LogP contribution is 2.44. The molecular formula is C24H39NO4. The fourth-order valence-electron chi connectivity index (χ4n) is 4.99. The summed E-state index contributed by atoms with van der Waals surface area (Å²) in [6.07, 6.45) is 5.87. The van der Waals surface area contributed by atoms with Gasteiger partial charge < -0.3 is 19.3 Å². The topological polar surface area (TPSA) is 51.2 Å². The molecule has 0 unspecified atom stereocenters. The van der Waals surface area contributed by atoms with E-state index in [0.29, 0.717) is 24.0 Å². The van der Waals surface area contributed by atoms with Crippen molar-refractivity contribution in [3.05, 3.63) is 23.3 Å². The zero-order chi connectivity index (χ0) is 21.0. The first-order valence-electron chi connectivity index (χ1n) is 11.1. The number of nitrogens with zero attached hydrogens (tertiary/aromatic N) is 1. The van der Waals surface area contributed by atoms with Gasteiger partial charge in [-0.3, -0.25) is 4.90 Å². The molecule has 0 bridgehead atoms. The molecule has 3 rings (SSSR count). The Balaban J connectivity index is 1.78. The third-order valence-corrected chi connectivity index (χ3v) is 6.49. The van der Waals surface area contributed by atoms with E-state index in [-0.39, 0.29) is 12.7 Å². The van der Waals surface area contributed by atoms with E-state index in [1.165, 1.54) is 30.4 Å². The third kappa shape index (κ3) is 5.44. The Morgan fingerprint density at radius 3 is 2.52 bits per heavy atom. The molecule has 0 aliphatic carbocycles. The molecular weight excluding hydrogens is 366 g/mol. The van der Waals surface area contributed by atoms with Crippen molar-refractivity contribution in [2.75, 3.05) is 40.5 Å². The molecule has 5 nitrogen and oxygen atoms in total. The second-order valence-electron chi connectivity index (χ2n) is 9.75. The van der Waals surface area contributed by atoms with Gasteiger partial charge in [-0.05, 0) is 60.3 Å². The van der Waals surface area contributed by atoms with Crippen molar-refractivity contribution in [3.8, 4) is 11.5 Å². The van der Waals surface area contributed by atoms with Gasteiger partial charge in [-0.15, -0.1) is 0 Å². The van der Waals surface area contributed by atoms with Gasteiger partial charge in [0.15, 0.2) is 11.5 Å². The number of methoxy groups -OCH3 is 2. The van der Waals surface area contributed by atoms with Crippen molar-refractivity contribution in [2.24, 2.45) is 11.3 Å². The van der Waals surface area contributed by atoms with Gasteiger partial charge in [-0.25, -0.2) is 0 Å². The van der Waals surface area contributed by atoms with Crippen LogP contribution in [-0.4, -0.2) is 56.6 Å². The normalized spacial score (nSPS) is 24.7. The summed E-state index contributed by atoms with van der Waals surface area (Å²) in [4.78, 5) is 2.63. The van der Waals surface area contributed by atoms with Gasteiger partial charge in [0.05, 0.1) is 33.5 Å². The van der Waals surface area contributed by atoms with Crippen LogP contribution in [0.15, 0.2) is 12.1 Å². The van der Waals surface area contributed by atoms with E-state index in [0.717, 1.165) is 37.4 Å². The minimum absolute atomic E-state index is 0.0845. The molecule has 0 radical (unpaired) electrons. The summed E-state index contributed by atoms with van der Waals surface area (Å²) >= 11 is 0. The highest BCUT2D eigenvalue weighted by molar-refractivity contribution is 5.49. The van der Waals surface area contributed by atoms with Crippen LogP contribution in [0.25, 0.3) is 0 Å². The molecule has 0 saturated carbocycles. The monoisotopic (exact) mass is 405 g/mol. The summed E-state index contributed by atoms with van der Waals surface area (Å²) in [5.74, 6) is 2.14. The summed E-state index contributed by atoms with van der Waals surface area (Å²) in [6.45, 7) is 9.59. The largest absolute Gasteiger partial charge is 0.493 e. The third-order valence-electron chi connectivity index (χ3n) is 6.49. The highest BCUT2D eigenvalue weighted by Gasteiger charge is 2.39. The van der Waals surface area contributed by atoms with E-state index in [1.807, 2.05) is 0 Å². The number of aliphatic hydroxyl groups is 1. The number of rotatable bonds is 8. The molecule has 0 spiro atoms. The summed E-state index contributed by atoms with van der Waals surface area (Å²) in [7, 11) is 3.39. The summed E-state index contributed by atoms with van der Waals surface area (Å²) in [6, 6.07) is 4.65. The maximum Gasteiger partial charge on any atom is 0.161 e. The van der Waals surface area contributed by atoms with Gasteiger partial charge in [0, 0.05) is 19.1 Å². The van der Waals surface area contributed by atoms with Crippen molar-refractivity contribution in [1.82, 2.24) is 4.90 Å². The van der Waals surface area contributed by atoms with Crippen LogP contribution in [-0.2, 0) is 11.2 Å². The molecule has 1 aromatic rings. The minimum Gasteiger partial charge on any atom is -0.493 e. The molecule has 2 aliphatic rings. The fourth-order valence-corrected chi connectivity index (χ4v) is 4.99. The molecule has 1 saturated heterocycles. The van der Waals surface area contributed by atoms with E-state index >= 15 is 0 Å². The Labute approximate surface area is 176 Å². The van der Waals surface area contributed by atoms with Crippen LogP contribution < -0.4 is 9.47 Å². The van der Waals surface area contributed by atoms with E-state index in [1.54, 1.807) is 14.2 Å². The number of hydrogen-bond acceptors (Lipinski definition) is 5. The number of fused-ring (bicyclic) bond motifs is 3. The van der Waals surface area contributed by atoms with Crippen LogP contribution in [0.4, 0.5) is 0 Å². The van der Waals surface area contributed by atoms with Gasteiger partial charge >= 0.3 is 0 Å². The van der Waals surface area contributed by atoms with Gasteiger partial charge in [-0.1, -0.05) is 27.2 Å². The molecule has 2 heterocycles. The van der Waals surface area contributed by atoms with Crippen LogP contribution in [0.2, 0.25) is 0 Å². The van der Waals surface area contributed by atoms with Crippen molar-refractivity contribution in [2.45, 2.75) is 65.0 Å².